The number of carboxylic acids is 2. The summed E-state index contributed by atoms with van der Waals surface area (Å²) in [5.74, 6) is -1.41. The largest absolute Gasteiger partial charge is 0.481 e. The predicted octanol–water partition coefficient (Wildman–Crippen LogP) is -0.239. The molecule has 116 valence electrons. The molecule has 8 nitrogen and oxygen atoms in total. The molecule has 0 bridgehead atoms. The molecule has 0 aliphatic carbocycles. The standard InChI is InChI=1S/C14H15N3O5/c1-2-9-17(12(20)10-5-3-4-8-16-10)14(15,13(21)22)7-6-11(18)19/h1,3-5,8H,6-7,9,15H2,(H,18,19)(H,21,22)/t14-/m0/s1. The van der Waals surface area contributed by atoms with Crippen LogP contribution in [0.1, 0.15) is 23.3 Å². The number of carbonyl (C=O) groups excluding carboxylic acids is 1. The highest BCUT2D eigenvalue weighted by Crippen LogP contribution is 2.19. The molecule has 1 rings (SSSR count). The van der Waals surface area contributed by atoms with Crippen LogP contribution in [0, 0.1) is 12.3 Å². The number of carbonyl (C=O) groups is 3. The van der Waals surface area contributed by atoms with Crippen LogP contribution in [-0.4, -0.2) is 50.2 Å². The zero-order valence-corrected chi connectivity index (χ0v) is 11.6. The maximum Gasteiger partial charge on any atom is 0.344 e. The average molecular weight is 305 g/mol. The van der Waals surface area contributed by atoms with Crippen LogP contribution in [0.25, 0.3) is 0 Å². The van der Waals surface area contributed by atoms with E-state index in [1.165, 1.54) is 12.3 Å². The molecule has 1 atom stereocenters. The SMILES string of the molecule is C#CCN(C(=O)c1ccccn1)[C@@](N)(CCC(=O)O)C(=O)O. The molecule has 0 aliphatic heterocycles. The highest BCUT2D eigenvalue weighted by molar-refractivity contribution is 5.96. The van der Waals surface area contributed by atoms with E-state index in [1.807, 2.05) is 0 Å². The second kappa shape index (κ2) is 7.19. The molecule has 0 spiro atoms. The number of aliphatic carboxylic acids is 2. The molecule has 0 unspecified atom stereocenters. The number of carboxylic acid groups (broad SMARTS) is 2. The second-order valence-corrected chi connectivity index (χ2v) is 4.43. The molecular weight excluding hydrogens is 290 g/mol. The Morgan fingerprint density at radius 1 is 1.36 bits per heavy atom. The molecule has 0 aromatic carbocycles. The zero-order valence-electron chi connectivity index (χ0n) is 11.6. The normalized spacial score (nSPS) is 12.7. The second-order valence-electron chi connectivity index (χ2n) is 4.43. The van der Waals surface area contributed by atoms with Crippen molar-refractivity contribution < 1.29 is 24.6 Å². The molecular formula is C14H15N3O5. The fraction of sp³-hybridized carbons (Fsp3) is 0.286. The lowest BCUT2D eigenvalue weighted by molar-refractivity contribution is -0.150. The Morgan fingerprint density at radius 2 is 2.05 bits per heavy atom. The van der Waals surface area contributed by atoms with Crippen LogP contribution >= 0.6 is 0 Å². The van der Waals surface area contributed by atoms with Crippen molar-refractivity contribution in [2.45, 2.75) is 18.5 Å². The number of nitrogens with zero attached hydrogens (tertiary/aromatic N) is 2. The van der Waals surface area contributed by atoms with Gasteiger partial charge in [0.1, 0.15) is 5.69 Å². The third-order valence-corrected chi connectivity index (χ3v) is 2.95. The Morgan fingerprint density at radius 3 is 2.50 bits per heavy atom. The van der Waals surface area contributed by atoms with Gasteiger partial charge in [0.25, 0.3) is 5.91 Å². The van der Waals surface area contributed by atoms with E-state index in [0.29, 0.717) is 0 Å². The molecule has 1 aromatic heterocycles. The van der Waals surface area contributed by atoms with Gasteiger partial charge in [0, 0.05) is 19.0 Å². The number of pyridine rings is 1. The van der Waals surface area contributed by atoms with Crippen molar-refractivity contribution in [2.75, 3.05) is 6.54 Å². The third kappa shape index (κ3) is 3.80. The Balaban J connectivity index is 3.19. The molecule has 0 saturated heterocycles. The number of nitrogens with two attached hydrogens (primary N) is 1. The first-order valence-corrected chi connectivity index (χ1v) is 6.23. The molecule has 0 saturated carbocycles. The van der Waals surface area contributed by atoms with E-state index in [2.05, 4.69) is 10.9 Å². The van der Waals surface area contributed by atoms with E-state index < -0.39 is 42.9 Å². The van der Waals surface area contributed by atoms with Gasteiger partial charge in [-0.05, 0) is 12.1 Å². The number of aromatic nitrogens is 1. The lowest BCUT2D eigenvalue weighted by Gasteiger charge is -2.35. The number of terminal acetylenes is 1. The van der Waals surface area contributed by atoms with Crippen LogP contribution in [0.5, 0.6) is 0 Å². The van der Waals surface area contributed by atoms with Gasteiger partial charge in [-0.2, -0.15) is 0 Å². The molecule has 8 heteroatoms. The maximum atomic E-state index is 12.4. The molecule has 22 heavy (non-hydrogen) atoms. The minimum absolute atomic E-state index is 0.0378. The van der Waals surface area contributed by atoms with Gasteiger partial charge in [0.05, 0.1) is 6.54 Å². The minimum atomic E-state index is -2.24. The average Bonchev–Trinajstić information content (AvgIpc) is 2.50. The molecule has 0 fully saturated rings. The van der Waals surface area contributed by atoms with Gasteiger partial charge < -0.3 is 10.2 Å². The van der Waals surface area contributed by atoms with E-state index in [4.69, 9.17) is 17.3 Å². The summed E-state index contributed by atoms with van der Waals surface area (Å²) in [6.07, 6.45) is 5.51. The van der Waals surface area contributed by atoms with Gasteiger partial charge in [-0.3, -0.25) is 25.2 Å². The number of hydrogen-bond acceptors (Lipinski definition) is 5. The highest BCUT2D eigenvalue weighted by atomic mass is 16.4. The first kappa shape index (κ1) is 17.1. The summed E-state index contributed by atoms with van der Waals surface area (Å²) in [5, 5.41) is 18.1. The molecule has 0 aliphatic rings. The van der Waals surface area contributed by atoms with Crippen molar-refractivity contribution >= 4 is 17.8 Å². The van der Waals surface area contributed by atoms with E-state index in [0.717, 1.165) is 4.90 Å². The molecule has 4 N–H and O–H groups in total. The van der Waals surface area contributed by atoms with Crippen molar-refractivity contribution in [3.05, 3.63) is 30.1 Å². The van der Waals surface area contributed by atoms with Crippen molar-refractivity contribution in [3.8, 4) is 12.3 Å². The summed E-state index contributed by atoms with van der Waals surface area (Å²) in [5.41, 5.74) is 3.50. The molecule has 1 heterocycles. The van der Waals surface area contributed by atoms with Gasteiger partial charge in [-0.25, -0.2) is 4.79 Å². The summed E-state index contributed by atoms with van der Waals surface area (Å²) in [6, 6.07) is 4.51. The minimum Gasteiger partial charge on any atom is -0.481 e. The fourth-order valence-electron chi connectivity index (χ4n) is 1.77. The van der Waals surface area contributed by atoms with Gasteiger partial charge >= 0.3 is 11.9 Å². The Kier molecular flexibility index (Phi) is 5.60. The van der Waals surface area contributed by atoms with Crippen molar-refractivity contribution in [1.82, 2.24) is 9.88 Å². The van der Waals surface area contributed by atoms with Crippen LogP contribution in [0.15, 0.2) is 24.4 Å². The highest BCUT2D eigenvalue weighted by Gasteiger charge is 2.43. The lowest BCUT2D eigenvalue weighted by Crippen LogP contribution is -2.63. The van der Waals surface area contributed by atoms with Gasteiger partial charge in [-0.15, -0.1) is 6.42 Å². The van der Waals surface area contributed by atoms with E-state index in [1.54, 1.807) is 12.1 Å². The van der Waals surface area contributed by atoms with E-state index in [-0.39, 0.29) is 5.69 Å². The van der Waals surface area contributed by atoms with Crippen LogP contribution in [0.2, 0.25) is 0 Å². The topological polar surface area (TPSA) is 134 Å². The summed E-state index contributed by atoms with van der Waals surface area (Å²) in [7, 11) is 0. The maximum absolute atomic E-state index is 12.4. The molecule has 0 radical (unpaired) electrons. The Labute approximate surface area is 126 Å². The van der Waals surface area contributed by atoms with E-state index in [9.17, 15) is 19.5 Å². The Hall–Kier alpha value is -2.92. The number of hydrogen-bond donors (Lipinski definition) is 3. The molecule has 1 aromatic rings. The first-order valence-electron chi connectivity index (χ1n) is 6.23. The van der Waals surface area contributed by atoms with Crippen LogP contribution in [0.4, 0.5) is 0 Å². The summed E-state index contributed by atoms with van der Waals surface area (Å²) in [6.45, 7) is -0.391. The monoisotopic (exact) mass is 305 g/mol. The summed E-state index contributed by atoms with van der Waals surface area (Å²) in [4.78, 5) is 39.1. The molecule has 1 amide bonds. The Bertz CT molecular complexity index is 611. The predicted molar refractivity (Wildman–Crippen MR) is 75.5 cm³/mol. The first-order chi connectivity index (χ1) is 10.3. The van der Waals surface area contributed by atoms with E-state index >= 15 is 0 Å². The van der Waals surface area contributed by atoms with Gasteiger partial charge in [-0.1, -0.05) is 12.0 Å². The summed E-state index contributed by atoms with van der Waals surface area (Å²) >= 11 is 0. The zero-order chi connectivity index (χ0) is 16.8. The van der Waals surface area contributed by atoms with Crippen LogP contribution in [0.3, 0.4) is 0 Å². The smallest absolute Gasteiger partial charge is 0.344 e. The van der Waals surface area contributed by atoms with Gasteiger partial charge in [0.2, 0.25) is 0 Å². The summed E-state index contributed by atoms with van der Waals surface area (Å²) < 4.78 is 0. The van der Waals surface area contributed by atoms with Crippen molar-refractivity contribution in [3.63, 3.8) is 0 Å². The number of rotatable bonds is 7. The fourth-order valence-corrected chi connectivity index (χ4v) is 1.77. The van der Waals surface area contributed by atoms with Crippen LogP contribution in [-0.2, 0) is 9.59 Å². The quantitative estimate of drug-likeness (QED) is 0.467. The number of amides is 1. The van der Waals surface area contributed by atoms with Crippen molar-refractivity contribution in [1.29, 1.82) is 0 Å². The van der Waals surface area contributed by atoms with Crippen LogP contribution < -0.4 is 5.73 Å². The third-order valence-electron chi connectivity index (χ3n) is 2.95. The van der Waals surface area contributed by atoms with Crippen molar-refractivity contribution in [2.24, 2.45) is 5.73 Å². The van der Waals surface area contributed by atoms with Gasteiger partial charge in [0.15, 0.2) is 5.66 Å². The lowest BCUT2D eigenvalue weighted by atomic mass is 10.0.